The van der Waals surface area contributed by atoms with Crippen LogP contribution >= 0.6 is 0 Å². The van der Waals surface area contributed by atoms with Gasteiger partial charge in [0.2, 0.25) is 17.6 Å². The van der Waals surface area contributed by atoms with E-state index < -0.39 is 0 Å². The van der Waals surface area contributed by atoms with E-state index in [0.29, 0.717) is 5.76 Å². The summed E-state index contributed by atoms with van der Waals surface area (Å²) in [4.78, 5) is 11.7. The van der Waals surface area contributed by atoms with Gasteiger partial charge in [0.05, 0.1) is 12.3 Å². The molecule has 1 aromatic carbocycles. The summed E-state index contributed by atoms with van der Waals surface area (Å²) in [5, 5.41) is 18.8. The second-order valence-corrected chi connectivity index (χ2v) is 5.43. The van der Waals surface area contributed by atoms with Crippen LogP contribution in [0.1, 0.15) is 25.2 Å². The van der Waals surface area contributed by atoms with Crippen LogP contribution in [0.5, 0.6) is 11.8 Å². The van der Waals surface area contributed by atoms with E-state index >= 15 is 0 Å². The van der Waals surface area contributed by atoms with Gasteiger partial charge >= 0.3 is 0 Å². The highest BCUT2D eigenvalue weighted by Crippen LogP contribution is 2.33. The van der Waals surface area contributed by atoms with Crippen LogP contribution in [0.2, 0.25) is 0 Å². The molecule has 0 bridgehead atoms. The number of nitrogens with zero attached hydrogens (tertiary/aromatic N) is 3. The van der Waals surface area contributed by atoms with Crippen molar-refractivity contribution in [1.82, 2.24) is 15.0 Å². The summed E-state index contributed by atoms with van der Waals surface area (Å²) in [6.07, 6.45) is 1.60. The molecule has 0 spiro atoms. The molecule has 0 unspecified atom stereocenters. The Balaban J connectivity index is 2.00. The first kappa shape index (κ1) is 14.1. The molecule has 0 aliphatic heterocycles. The third-order valence-corrected chi connectivity index (χ3v) is 3.51. The molecule has 2 heterocycles. The maximum absolute atomic E-state index is 9.42. The lowest BCUT2D eigenvalue weighted by Crippen LogP contribution is -2.17. The highest BCUT2D eigenvalue weighted by atomic mass is 16.4. The summed E-state index contributed by atoms with van der Waals surface area (Å²) < 4.78 is 5.74. The van der Waals surface area contributed by atoms with Crippen LogP contribution in [0.15, 0.2) is 47.0 Å². The zero-order valence-electron chi connectivity index (χ0n) is 12.2. The van der Waals surface area contributed by atoms with E-state index in [9.17, 15) is 10.2 Å². The summed E-state index contributed by atoms with van der Waals surface area (Å²) in [6, 6.07) is 10.9. The zero-order chi connectivity index (χ0) is 15.7. The average Bonchev–Trinajstić information content (AvgIpc) is 2.98. The van der Waals surface area contributed by atoms with Gasteiger partial charge in [0.15, 0.2) is 0 Å². The van der Waals surface area contributed by atoms with Crippen molar-refractivity contribution < 1.29 is 14.6 Å². The van der Waals surface area contributed by atoms with E-state index in [1.165, 1.54) is 0 Å². The Bertz CT molecular complexity index is 777. The van der Waals surface area contributed by atoms with E-state index in [-0.39, 0.29) is 28.9 Å². The van der Waals surface area contributed by atoms with E-state index in [4.69, 9.17) is 4.42 Å². The van der Waals surface area contributed by atoms with Gasteiger partial charge < -0.3 is 14.6 Å². The lowest BCUT2D eigenvalue weighted by Gasteiger charge is -2.21. The fourth-order valence-electron chi connectivity index (χ4n) is 2.18. The van der Waals surface area contributed by atoms with Gasteiger partial charge in [-0.05, 0) is 19.4 Å². The Hall–Kier alpha value is -2.89. The lowest BCUT2D eigenvalue weighted by atomic mass is 9.83. The second-order valence-electron chi connectivity index (χ2n) is 5.43. The molecule has 0 amide bonds. The Morgan fingerprint density at radius 1 is 1.00 bits per heavy atom. The van der Waals surface area contributed by atoms with E-state index in [2.05, 4.69) is 15.0 Å². The minimum atomic E-state index is -0.384. The summed E-state index contributed by atoms with van der Waals surface area (Å²) in [6.45, 7) is 4.04. The Morgan fingerprint density at radius 3 is 2.27 bits per heavy atom. The zero-order valence-corrected chi connectivity index (χ0v) is 12.2. The highest BCUT2D eigenvalue weighted by molar-refractivity contribution is 5.44. The van der Waals surface area contributed by atoms with Crippen LogP contribution in [-0.4, -0.2) is 25.2 Å². The number of aromatic nitrogens is 3. The molecule has 6 heteroatoms. The number of hydrogen-bond acceptors (Lipinski definition) is 6. The normalized spacial score (nSPS) is 11.5. The third kappa shape index (κ3) is 2.50. The van der Waals surface area contributed by atoms with Gasteiger partial charge in [-0.25, -0.2) is 4.98 Å². The van der Waals surface area contributed by atoms with E-state index in [1.54, 1.807) is 6.20 Å². The second kappa shape index (κ2) is 5.14. The monoisotopic (exact) mass is 297 g/mol. The SMILES string of the molecule is CC(C)(c1ccccc1)c1cnc(-c2nc(O)cc(O)n2)o1. The molecule has 3 aromatic rings. The summed E-state index contributed by atoms with van der Waals surface area (Å²) in [5.41, 5.74) is 0.697. The van der Waals surface area contributed by atoms with Crippen molar-refractivity contribution in [3.63, 3.8) is 0 Å². The maximum Gasteiger partial charge on any atom is 0.265 e. The predicted octanol–water partition coefficient (Wildman–Crippen LogP) is 2.87. The van der Waals surface area contributed by atoms with Gasteiger partial charge in [0.1, 0.15) is 5.76 Å². The van der Waals surface area contributed by atoms with E-state index in [0.717, 1.165) is 11.6 Å². The predicted molar refractivity (Wildman–Crippen MR) is 79.4 cm³/mol. The number of aromatic hydroxyl groups is 2. The lowest BCUT2D eigenvalue weighted by molar-refractivity contribution is 0.413. The molecule has 112 valence electrons. The van der Waals surface area contributed by atoms with Crippen molar-refractivity contribution in [2.75, 3.05) is 0 Å². The number of rotatable bonds is 3. The molecule has 0 fully saturated rings. The molecule has 0 aliphatic carbocycles. The largest absolute Gasteiger partial charge is 0.493 e. The van der Waals surface area contributed by atoms with Crippen molar-refractivity contribution in [1.29, 1.82) is 0 Å². The first-order valence-corrected chi connectivity index (χ1v) is 6.76. The first-order valence-electron chi connectivity index (χ1n) is 6.76. The Kier molecular flexibility index (Phi) is 3.29. The number of oxazole rings is 1. The maximum atomic E-state index is 9.42. The molecule has 2 aromatic heterocycles. The van der Waals surface area contributed by atoms with Crippen molar-refractivity contribution in [2.45, 2.75) is 19.3 Å². The summed E-state index contributed by atoms with van der Waals surface area (Å²) in [7, 11) is 0. The van der Waals surface area contributed by atoms with E-state index in [1.807, 2.05) is 44.2 Å². The Morgan fingerprint density at radius 2 is 1.64 bits per heavy atom. The van der Waals surface area contributed by atoms with Gasteiger partial charge in [0.25, 0.3) is 5.89 Å². The Labute approximate surface area is 127 Å². The van der Waals surface area contributed by atoms with Crippen LogP contribution in [0.25, 0.3) is 11.7 Å². The van der Waals surface area contributed by atoms with Gasteiger partial charge in [0, 0.05) is 5.41 Å². The average molecular weight is 297 g/mol. The molecular weight excluding hydrogens is 282 g/mol. The standard InChI is InChI=1S/C16H15N3O3/c1-16(2,10-6-4-3-5-7-10)11-9-17-15(22-11)14-18-12(20)8-13(21)19-14/h3-9H,1-2H3,(H2,18,19,20,21). The van der Waals surface area contributed by atoms with Crippen LogP contribution < -0.4 is 0 Å². The van der Waals surface area contributed by atoms with Gasteiger partial charge in [-0.3, -0.25) is 0 Å². The third-order valence-electron chi connectivity index (χ3n) is 3.51. The molecular formula is C16H15N3O3. The van der Waals surface area contributed by atoms with Crippen molar-refractivity contribution in [2.24, 2.45) is 0 Å². The molecule has 0 aliphatic rings. The number of hydrogen-bond donors (Lipinski definition) is 2. The molecule has 0 saturated heterocycles. The van der Waals surface area contributed by atoms with Gasteiger partial charge in [-0.15, -0.1) is 0 Å². The molecule has 3 rings (SSSR count). The van der Waals surface area contributed by atoms with Crippen LogP contribution in [0, 0.1) is 0 Å². The molecule has 0 radical (unpaired) electrons. The number of benzene rings is 1. The van der Waals surface area contributed by atoms with Gasteiger partial charge in [-0.1, -0.05) is 30.3 Å². The molecule has 6 nitrogen and oxygen atoms in total. The highest BCUT2D eigenvalue weighted by Gasteiger charge is 2.28. The summed E-state index contributed by atoms with van der Waals surface area (Å²) in [5.74, 6) is 0.132. The van der Waals surface area contributed by atoms with Crippen molar-refractivity contribution in [3.8, 4) is 23.5 Å². The fraction of sp³-hybridized carbons (Fsp3) is 0.188. The molecule has 2 N–H and O–H groups in total. The smallest absolute Gasteiger partial charge is 0.265 e. The van der Waals surface area contributed by atoms with Crippen LogP contribution in [0.3, 0.4) is 0 Å². The van der Waals surface area contributed by atoms with Crippen molar-refractivity contribution in [3.05, 3.63) is 53.9 Å². The topological polar surface area (TPSA) is 92.3 Å². The minimum absolute atomic E-state index is 0.0348. The van der Waals surface area contributed by atoms with Gasteiger partial charge in [-0.2, -0.15) is 9.97 Å². The molecule has 0 saturated carbocycles. The van der Waals surface area contributed by atoms with Crippen LogP contribution in [-0.2, 0) is 5.41 Å². The minimum Gasteiger partial charge on any atom is -0.493 e. The first-order chi connectivity index (χ1) is 10.5. The van der Waals surface area contributed by atoms with Crippen molar-refractivity contribution >= 4 is 0 Å². The quantitative estimate of drug-likeness (QED) is 0.772. The molecule has 22 heavy (non-hydrogen) atoms. The molecule has 0 atom stereocenters. The van der Waals surface area contributed by atoms with Crippen LogP contribution in [0.4, 0.5) is 0 Å². The fourth-order valence-corrected chi connectivity index (χ4v) is 2.18. The summed E-state index contributed by atoms with van der Waals surface area (Å²) >= 11 is 0.